The Morgan fingerprint density at radius 3 is 2.67 bits per heavy atom. The second-order valence-electron chi connectivity index (χ2n) is 3.75. The SMILES string of the molecule is CC(=O)O[C@H](C)[C@@H]1O[C@@H]1c1ccccc1. The van der Waals surface area contributed by atoms with Gasteiger partial charge in [-0.25, -0.2) is 0 Å². The van der Waals surface area contributed by atoms with E-state index in [2.05, 4.69) is 0 Å². The van der Waals surface area contributed by atoms with Crippen molar-refractivity contribution in [1.29, 1.82) is 0 Å². The van der Waals surface area contributed by atoms with Crippen LogP contribution in [0.3, 0.4) is 0 Å². The van der Waals surface area contributed by atoms with E-state index in [-0.39, 0.29) is 24.3 Å². The number of ether oxygens (including phenoxy) is 2. The average Bonchev–Trinajstić information content (AvgIpc) is 2.97. The summed E-state index contributed by atoms with van der Waals surface area (Å²) in [7, 11) is 0. The van der Waals surface area contributed by atoms with Crippen molar-refractivity contribution in [2.45, 2.75) is 32.2 Å². The van der Waals surface area contributed by atoms with Crippen LogP contribution in [0, 0.1) is 0 Å². The molecular weight excluding hydrogens is 192 g/mol. The van der Waals surface area contributed by atoms with E-state index in [1.54, 1.807) is 0 Å². The molecule has 3 atom stereocenters. The van der Waals surface area contributed by atoms with Crippen molar-refractivity contribution in [3.05, 3.63) is 35.9 Å². The Labute approximate surface area is 89.0 Å². The Hall–Kier alpha value is -1.35. The molecule has 3 heteroatoms. The molecule has 0 amide bonds. The highest BCUT2D eigenvalue weighted by Gasteiger charge is 2.45. The van der Waals surface area contributed by atoms with Crippen LogP contribution < -0.4 is 0 Å². The maximum Gasteiger partial charge on any atom is 0.302 e. The van der Waals surface area contributed by atoms with Crippen molar-refractivity contribution in [2.75, 3.05) is 0 Å². The third kappa shape index (κ3) is 2.36. The lowest BCUT2D eigenvalue weighted by atomic mass is 10.1. The van der Waals surface area contributed by atoms with Crippen molar-refractivity contribution >= 4 is 5.97 Å². The highest BCUT2D eigenvalue weighted by Crippen LogP contribution is 2.41. The smallest absolute Gasteiger partial charge is 0.302 e. The number of hydrogen-bond donors (Lipinski definition) is 0. The molecule has 1 aliphatic rings. The van der Waals surface area contributed by atoms with Gasteiger partial charge >= 0.3 is 5.97 Å². The largest absolute Gasteiger partial charge is 0.460 e. The third-order valence-corrected chi connectivity index (χ3v) is 2.47. The van der Waals surface area contributed by atoms with E-state index < -0.39 is 0 Å². The molecule has 0 unspecified atom stereocenters. The van der Waals surface area contributed by atoms with Gasteiger partial charge in [0.05, 0.1) is 0 Å². The van der Waals surface area contributed by atoms with Gasteiger partial charge in [0, 0.05) is 6.92 Å². The number of benzene rings is 1. The van der Waals surface area contributed by atoms with E-state index in [1.807, 2.05) is 37.3 Å². The molecule has 80 valence electrons. The molecule has 0 aliphatic carbocycles. The Balaban J connectivity index is 1.93. The van der Waals surface area contributed by atoms with Gasteiger partial charge in [0.2, 0.25) is 0 Å². The maximum atomic E-state index is 10.8. The summed E-state index contributed by atoms with van der Waals surface area (Å²) in [5.41, 5.74) is 1.14. The lowest BCUT2D eigenvalue weighted by Crippen LogP contribution is -2.18. The number of epoxide rings is 1. The first-order valence-corrected chi connectivity index (χ1v) is 5.06. The zero-order valence-electron chi connectivity index (χ0n) is 8.84. The highest BCUT2D eigenvalue weighted by atomic mass is 16.6. The number of carbonyl (C=O) groups excluding carboxylic acids is 1. The molecule has 0 radical (unpaired) electrons. The molecule has 0 spiro atoms. The van der Waals surface area contributed by atoms with Gasteiger partial charge in [-0.3, -0.25) is 4.79 Å². The number of carbonyl (C=O) groups is 1. The van der Waals surface area contributed by atoms with Gasteiger partial charge in [-0.1, -0.05) is 30.3 Å². The Kier molecular flexibility index (Phi) is 2.73. The Morgan fingerprint density at radius 2 is 2.07 bits per heavy atom. The fourth-order valence-corrected chi connectivity index (χ4v) is 1.72. The maximum absolute atomic E-state index is 10.8. The summed E-state index contributed by atoms with van der Waals surface area (Å²) in [4.78, 5) is 10.8. The van der Waals surface area contributed by atoms with Gasteiger partial charge in [0.25, 0.3) is 0 Å². The van der Waals surface area contributed by atoms with Crippen LogP contribution in [0.2, 0.25) is 0 Å². The normalized spacial score (nSPS) is 25.7. The predicted octanol–water partition coefficient (Wildman–Crippen LogP) is 2.08. The second kappa shape index (κ2) is 4.03. The first kappa shape index (κ1) is 10.2. The van der Waals surface area contributed by atoms with Crippen LogP contribution in [0.4, 0.5) is 0 Å². The van der Waals surface area contributed by atoms with Gasteiger partial charge in [-0.05, 0) is 12.5 Å². The zero-order valence-corrected chi connectivity index (χ0v) is 8.84. The van der Waals surface area contributed by atoms with E-state index >= 15 is 0 Å². The molecule has 0 saturated carbocycles. The molecule has 1 heterocycles. The zero-order chi connectivity index (χ0) is 10.8. The topological polar surface area (TPSA) is 38.8 Å². The standard InChI is InChI=1S/C12H14O3/c1-8(14-9(2)13)11-12(15-11)10-6-4-3-5-7-10/h3-8,11-12H,1-2H3/t8-,11+,12-/m1/s1. The van der Waals surface area contributed by atoms with E-state index in [0.717, 1.165) is 5.56 Å². The lowest BCUT2D eigenvalue weighted by Gasteiger charge is -2.07. The fraction of sp³-hybridized carbons (Fsp3) is 0.417. The summed E-state index contributed by atoms with van der Waals surface area (Å²) in [6.45, 7) is 3.27. The highest BCUT2D eigenvalue weighted by molar-refractivity contribution is 5.66. The van der Waals surface area contributed by atoms with Crippen molar-refractivity contribution < 1.29 is 14.3 Å². The van der Waals surface area contributed by atoms with Crippen molar-refractivity contribution in [3.8, 4) is 0 Å². The average molecular weight is 206 g/mol. The van der Waals surface area contributed by atoms with Crippen LogP contribution in [0.15, 0.2) is 30.3 Å². The quantitative estimate of drug-likeness (QED) is 0.561. The van der Waals surface area contributed by atoms with Crippen LogP contribution >= 0.6 is 0 Å². The lowest BCUT2D eigenvalue weighted by molar-refractivity contribution is -0.146. The molecule has 3 nitrogen and oxygen atoms in total. The molecule has 1 aromatic carbocycles. The molecule has 15 heavy (non-hydrogen) atoms. The molecule has 0 bridgehead atoms. The van der Waals surface area contributed by atoms with Crippen molar-refractivity contribution in [3.63, 3.8) is 0 Å². The Morgan fingerprint density at radius 1 is 1.40 bits per heavy atom. The van der Waals surface area contributed by atoms with Crippen molar-refractivity contribution in [1.82, 2.24) is 0 Å². The van der Waals surface area contributed by atoms with Gasteiger partial charge in [0.1, 0.15) is 18.3 Å². The summed E-state index contributed by atoms with van der Waals surface area (Å²) < 4.78 is 10.6. The van der Waals surface area contributed by atoms with E-state index in [0.29, 0.717) is 0 Å². The van der Waals surface area contributed by atoms with Gasteiger partial charge in [0.15, 0.2) is 0 Å². The van der Waals surface area contributed by atoms with Gasteiger partial charge < -0.3 is 9.47 Å². The van der Waals surface area contributed by atoms with E-state index in [9.17, 15) is 4.79 Å². The molecule has 1 aliphatic heterocycles. The summed E-state index contributed by atoms with van der Waals surface area (Å²) in [6, 6.07) is 9.96. The summed E-state index contributed by atoms with van der Waals surface area (Å²) >= 11 is 0. The predicted molar refractivity (Wildman–Crippen MR) is 55.3 cm³/mol. The van der Waals surface area contributed by atoms with Crippen LogP contribution in [-0.2, 0) is 14.3 Å². The van der Waals surface area contributed by atoms with Crippen LogP contribution in [0.5, 0.6) is 0 Å². The van der Waals surface area contributed by atoms with Crippen LogP contribution in [0.25, 0.3) is 0 Å². The number of esters is 1. The second-order valence-corrected chi connectivity index (χ2v) is 3.75. The molecule has 0 N–H and O–H groups in total. The minimum atomic E-state index is -0.259. The molecule has 2 rings (SSSR count). The Bertz CT molecular complexity index is 347. The van der Waals surface area contributed by atoms with Gasteiger partial charge in [-0.15, -0.1) is 0 Å². The van der Waals surface area contributed by atoms with Crippen molar-refractivity contribution in [2.24, 2.45) is 0 Å². The number of rotatable bonds is 3. The van der Waals surface area contributed by atoms with E-state index in [1.165, 1.54) is 6.92 Å². The monoisotopic (exact) mass is 206 g/mol. The summed E-state index contributed by atoms with van der Waals surface area (Å²) in [6.07, 6.45) is -0.0791. The first-order valence-electron chi connectivity index (χ1n) is 5.06. The molecule has 1 fully saturated rings. The minimum absolute atomic E-state index is 0.0105. The molecule has 1 aromatic rings. The van der Waals surface area contributed by atoms with E-state index in [4.69, 9.17) is 9.47 Å². The number of hydrogen-bond acceptors (Lipinski definition) is 3. The molecule has 0 aromatic heterocycles. The van der Waals surface area contributed by atoms with Gasteiger partial charge in [-0.2, -0.15) is 0 Å². The fourth-order valence-electron chi connectivity index (χ4n) is 1.72. The first-order chi connectivity index (χ1) is 7.18. The minimum Gasteiger partial charge on any atom is -0.460 e. The summed E-state index contributed by atoms with van der Waals surface area (Å²) in [5, 5.41) is 0. The summed E-state index contributed by atoms with van der Waals surface area (Å²) in [5.74, 6) is -0.259. The molecular formula is C12H14O3. The van der Waals surface area contributed by atoms with Crippen LogP contribution in [0.1, 0.15) is 25.5 Å². The van der Waals surface area contributed by atoms with Crippen LogP contribution in [-0.4, -0.2) is 18.2 Å². The molecule has 1 saturated heterocycles. The third-order valence-electron chi connectivity index (χ3n) is 2.47.